The van der Waals surface area contributed by atoms with E-state index in [4.69, 9.17) is 17.3 Å². The Morgan fingerprint density at radius 2 is 2.06 bits per heavy atom. The van der Waals surface area contributed by atoms with Crippen molar-refractivity contribution in [2.45, 2.75) is 23.4 Å². The normalized spacial score (nSPS) is 14.5. The zero-order valence-electron chi connectivity index (χ0n) is 9.21. The molecule has 0 spiro atoms. The van der Waals surface area contributed by atoms with Gasteiger partial charge in [0, 0.05) is 23.3 Å². The summed E-state index contributed by atoms with van der Waals surface area (Å²) in [5.41, 5.74) is 6.01. The largest absolute Gasteiger partial charge is 0.327 e. The summed E-state index contributed by atoms with van der Waals surface area (Å²) in [5, 5.41) is 0.870. The summed E-state index contributed by atoms with van der Waals surface area (Å²) in [7, 11) is 0. The Morgan fingerprint density at radius 1 is 1.35 bits per heavy atom. The minimum atomic E-state index is 0.0125. The van der Waals surface area contributed by atoms with Gasteiger partial charge in [-0.25, -0.2) is 9.97 Å². The predicted octanol–water partition coefficient (Wildman–Crippen LogP) is 3.37. The molecule has 2 N–H and O–H groups in total. The van der Waals surface area contributed by atoms with Crippen molar-refractivity contribution in [2.75, 3.05) is 0 Å². The molecule has 2 aromatic rings. The molecule has 2 aromatic heterocycles. The van der Waals surface area contributed by atoms with E-state index in [1.165, 1.54) is 0 Å². The third kappa shape index (κ3) is 3.42. The van der Waals surface area contributed by atoms with Crippen LogP contribution in [0.15, 0.2) is 35.7 Å². The fourth-order valence-corrected chi connectivity index (χ4v) is 3.69. The zero-order chi connectivity index (χ0) is 12.3. The molecule has 3 nitrogen and oxygen atoms in total. The van der Waals surface area contributed by atoms with E-state index in [1.807, 2.05) is 19.1 Å². The number of nitrogens with two attached hydrogens (primary N) is 1. The van der Waals surface area contributed by atoms with Gasteiger partial charge in [-0.3, -0.25) is 0 Å². The van der Waals surface area contributed by atoms with E-state index in [1.54, 1.807) is 41.6 Å². The third-order valence-corrected chi connectivity index (χ3v) is 4.95. The van der Waals surface area contributed by atoms with E-state index in [2.05, 4.69) is 9.97 Å². The van der Waals surface area contributed by atoms with Crippen molar-refractivity contribution in [1.29, 1.82) is 0 Å². The number of aromatic nitrogens is 2. The molecule has 2 heterocycles. The summed E-state index contributed by atoms with van der Waals surface area (Å²) in [6.07, 6.45) is 3.46. The van der Waals surface area contributed by atoms with Gasteiger partial charge < -0.3 is 5.73 Å². The van der Waals surface area contributed by atoms with Crippen molar-refractivity contribution in [3.05, 3.63) is 39.8 Å². The van der Waals surface area contributed by atoms with Crippen molar-refractivity contribution in [2.24, 2.45) is 5.73 Å². The molecule has 17 heavy (non-hydrogen) atoms. The van der Waals surface area contributed by atoms with Crippen molar-refractivity contribution in [1.82, 2.24) is 9.97 Å². The summed E-state index contributed by atoms with van der Waals surface area (Å²) in [5.74, 6) is 0. The van der Waals surface area contributed by atoms with Crippen LogP contribution in [0.2, 0.25) is 4.34 Å². The maximum atomic E-state index is 6.01. The average molecular weight is 286 g/mol. The monoisotopic (exact) mass is 285 g/mol. The third-order valence-electron chi connectivity index (χ3n) is 2.13. The lowest BCUT2D eigenvalue weighted by Crippen LogP contribution is -2.22. The number of hydrogen-bond acceptors (Lipinski definition) is 5. The smallest absolute Gasteiger partial charge is 0.188 e. The Balaban J connectivity index is 2.19. The highest BCUT2D eigenvalue weighted by atomic mass is 35.5. The molecular formula is C11H12ClN3S2. The molecule has 2 atom stereocenters. The molecule has 0 aromatic carbocycles. The Hall–Kier alpha value is -0.620. The van der Waals surface area contributed by atoms with E-state index in [0.717, 1.165) is 14.4 Å². The molecule has 2 unspecified atom stereocenters. The first kappa shape index (κ1) is 12.8. The lowest BCUT2D eigenvalue weighted by molar-refractivity contribution is 0.726. The van der Waals surface area contributed by atoms with Crippen LogP contribution in [-0.4, -0.2) is 16.0 Å². The van der Waals surface area contributed by atoms with Crippen LogP contribution in [0.5, 0.6) is 0 Å². The molecular weight excluding hydrogens is 274 g/mol. The van der Waals surface area contributed by atoms with Gasteiger partial charge in [0.1, 0.15) is 0 Å². The number of hydrogen-bond donors (Lipinski definition) is 1. The fraction of sp³-hybridized carbons (Fsp3) is 0.273. The molecule has 0 saturated carbocycles. The van der Waals surface area contributed by atoms with Crippen LogP contribution >= 0.6 is 34.7 Å². The summed E-state index contributed by atoms with van der Waals surface area (Å²) in [4.78, 5) is 9.56. The molecule has 0 radical (unpaired) electrons. The molecule has 90 valence electrons. The molecule has 0 fully saturated rings. The number of thioether (sulfide) groups is 1. The summed E-state index contributed by atoms with van der Waals surface area (Å²) < 4.78 is 0.778. The van der Waals surface area contributed by atoms with Gasteiger partial charge in [-0.15, -0.1) is 11.3 Å². The van der Waals surface area contributed by atoms with Crippen LogP contribution < -0.4 is 5.73 Å². The molecule has 0 aliphatic heterocycles. The van der Waals surface area contributed by atoms with Gasteiger partial charge in [-0.2, -0.15) is 0 Å². The van der Waals surface area contributed by atoms with Crippen molar-refractivity contribution in [3.63, 3.8) is 0 Å². The number of halogens is 1. The molecule has 0 amide bonds. The zero-order valence-corrected chi connectivity index (χ0v) is 11.6. The standard InChI is InChI=1S/C11H12ClN3S2/c1-7(13)10(8-3-4-9(12)16-8)17-11-14-5-2-6-15-11/h2-7,10H,13H2,1H3. The summed E-state index contributed by atoms with van der Waals surface area (Å²) in [6.45, 7) is 1.98. The Kier molecular flexibility index (Phi) is 4.39. The van der Waals surface area contributed by atoms with Crippen LogP contribution in [0.3, 0.4) is 0 Å². The van der Waals surface area contributed by atoms with Gasteiger partial charge in [-0.05, 0) is 25.1 Å². The Bertz CT molecular complexity index is 473. The Labute approximate surface area is 113 Å². The lowest BCUT2D eigenvalue weighted by atomic mass is 10.2. The van der Waals surface area contributed by atoms with Gasteiger partial charge in [0.25, 0.3) is 0 Å². The average Bonchev–Trinajstić information content (AvgIpc) is 2.73. The Morgan fingerprint density at radius 3 is 2.59 bits per heavy atom. The van der Waals surface area contributed by atoms with E-state index >= 15 is 0 Å². The molecule has 0 saturated heterocycles. The highest BCUT2D eigenvalue weighted by molar-refractivity contribution is 7.99. The van der Waals surface area contributed by atoms with Crippen molar-refractivity contribution >= 4 is 34.7 Å². The quantitative estimate of drug-likeness (QED) is 0.691. The SMILES string of the molecule is CC(N)C(Sc1ncccn1)c1ccc(Cl)s1. The fourth-order valence-electron chi connectivity index (χ4n) is 1.37. The first-order chi connectivity index (χ1) is 8.16. The maximum Gasteiger partial charge on any atom is 0.188 e. The highest BCUT2D eigenvalue weighted by Crippen LogP contribution is 2.39. The lowest BCUT2D eigenvalue weighted by Gasteiger charge is -2.17. The first-order valence-electron chi connectivity index (χ1n) is 5.11. The van der Waals surface area contributed by atoms with Gasteiger partial charge in [0.15, 0.2) is 5.16 Å². The molecule has 6 heteroatoms. The van der Waals surface area contributed by atoms with Crippen molar-refractivity contribution in [3.8, 4) is 0 Å². The number of nitrogens with zero attached hydrogens (tertiary/aromatic N) is 2. The topological polar surface area (TPSA) is 51.8 Å². The van der Waals surface area contributed by atoms with Gasteiger partial charge in [-0.1, -0.05) is 23.4 Å². The van der Waals surface area contributed by atoms with Crippen LogP contribution in [0.25, 0.3) is 0 Å². The highest BCUT2D eigenvalue weighted by Gasteiger charge is 2.20. The second-order valence-corrected chi connectivity index (χ2v) is 6.43. The number of rotatable bonds is 4. The van der Waals surface area contributed by atoms with E-state index < -0.39 is 0 Å². The molecule has 0 aliphatic rings. The minimum absolute atomic E-state index is 0.0125. The predicted molar refractivity (Wildman–Crippen MR) is 73.6 cm³/mol. The van der Waals surface area contributed by atoms with Gasteiger partial charge >= 0.3 is 0 Å². The van der Waals surface area contributed by atoms with Crippen LogP contribution in [0, 0.1) is 0 Å². The van der Waals surface area contributed by atoms with E-state index in [9.17, 15) is 0 Å². The maximum absolute atomic E-state index is 6.01. The van der Waals surface area contributed by atoms with Crippen LogP contribution in [0.1, 0.15) is 17.1 Å². The summed E-state index contributed by atoms with van der Waals surface area (Å²) in [6, 6.07) is 5.71. The molecule has 2 rings (SSSR count). The second kappa shape index (κ2) is 5.82. The summed E-state index contributed by atoms with van der Waals surface area (Å²) >= 11 is 9.07. The van der Waals surface area contributed by atoms with Gasteiger partial charge in [0.2, 0.25) is 0 Å². The van der Waals surface area contributed by atoms with Crippen LogP contribution in [-0.2, 0) is 0 Å². The molecule has 0 aliphatic carbocycles. The van der Waals surface area contributed by atoms with Gasteiger partial charge in [0.05, 0.1) is 9.59 Å². The first-order valence-corrected chi connectivity index (χ1v) is 7.18. The van der Waals surface area contributed by atoms with E-state index in [-0.39, 0.29) is 11.3 Å². The van der Waals surface area contributed by atoms with Crippen molar-refractivity contribution < 1.29 is 0 Å². The van der Waals surface area contributed by atoms with Crippen LogP contribution in [0.4, 0.5) is 0 Å². The van der Waals surface area contributed by atoms with E-state index in [0.29, 0.717) is 0 Å². The molecule has 0 bridgehead atoms. The second-order valence-electron chi connectivity index (χ2n) is 3.57. The minimum Gasteiger partial charge on any atom is -0.327 e. The number of thiophene rings is 1.